The molecule has 2 aromatic rings. The van der Waals surface area contributed by atoms with Crippen molar-refractivity contribution in [3.8, 4) is 11.5 Å². The molecule has 0 aliphatic heterocycles. The molecule has 0 fully saturated rings. The van der Waals surface area contributed by atoms with Crippen LogP contribution >= 0.6 is 0 Å². The van der Waals surface area contributed by atoms with Crippen molar-refractivity contribution >= 4 is 0 Å². The number of aromatic hydroxyl groups is 2. The number of benzene rings is 2. The molecule has 2 N–H and O–H groups in total. The molecule has 16 heavy (non-hydrogen) atoms. The maximum absolute atomic E-state index is 9.74. The molecule has 2 aromatic carbocycles. The lowest BCUT2D eigenvalue weighted by molar-refractivity contribution is 0.444. The summed E-state index contributed by atoms with van der Waals surface area (Å²) in [5.41, 5.74) is 1.89. The molecule has 0 aliphatic rings. The van der Waals surface area contributed by atoms with Crippen LogP contribution in [-0.4, -0.2) is 10.2 Å². The van der Waals surface area contributed by atoms with Crippen molar-refractivity contribution in [3.05, 3.63) is 59.7 Å². The second-order valence-electron chi connectivity index (χ2n) is 3.79. The Balaban J connectivity index is 2.38. The molecular formula is C14H13O2. The van der Waals surface area contributed by atoms with Gasteiger partial charge < -0.3 is 10.2 Å². The molecule has 1 radical (unpaired) electrons. The van der Waals surface area contributed by atoms with Gasteiger partial charge in [-0.05, 0) is 11.6 Å². The van der Waals surface area contributed by atoms with Crippen molar-refractivity contribution in [2.45, 2.75) is 12.8 Å². The van der Waals surface area contributed by atoms with Crippen LogP contribution in [0.25, 0.3) is 0 Å². The van der Waals surface area contributed by atoms with Crippen molar-refractivity contribution in [3.63, 3.8) is 0 Å². The Morgan fingerprint density at radius 1 is 1.12 bits per heavy atom. The molecule has 0 spiro atoms. The van der Waals surface area contributed by atoms with E-state index in [4.69, 9.17) is 0 Å². The Kier molecular flexibility index (Phi) is 2.82. The number of phenolic OH excluding ortho intramolecular Hbond substituents is 2. The Bertz CT molecular complexity index is 477. The highest BCUT2D eigenvalue weighted by molar-refractivity contribution is 5.44. The molecule has 0 aliphatic carbocycles. The van der Waals surface area contributed by atoms with E-state index in [1.54, 1.807) is 6.07 Å². The molecule has 1 atom stereocenters. The maximum atomic E-state index is 9.74. The summed E-state index contributed by atoms with van der Waals surface area (Å²) in [5, 5.41) is 18.9. The van der Waals surface area contributed by atoms with E-state index in [1.165, 1.54) is 6.07 Å². The first-order chi connectivity index (χ1) is 7.68. The predicted octanol–water partition coefficient (Wildman–Crippen LogP) is 3.05. The molecule has 2 rings (SSSR count). The van der Waals surface area contributed by atoms with E-state index in [1.807, 2.05) is 37.3 Å². The second kappa shape index (κ2) is 4.27. The number of hydrogen-bond acceptors (Lipinski definition) is 2. The van der Waals surface area contributed by atoms with E-state index in [-0.39, 0.29) is 17.4 Å². The van der Waals surface area contributed by atoms with Crippen molar-refractivity contribution in [1.29, 1.82) is 0 Å². The van der Waals surface area contributed by atoms with E-state index in [0.29, 0.717) is 0 Å². The van der Waals surface area contributed by atoms with Crippen LogP contribution in [0, 0.1) is 6.07 Å². The summed E-state index contributed by atoms with van der Waals surface area (Å²) in [4.78, 5) is 0. The van der Waals surface area contributed by atoms with Gasteiger partial charge in [-0.15, -0.1) is 0 Å². The third kappa shape index (κ3) is 2.01. The Morgan fingerprint density at radius 3 is 2.44 bits per heavy atom. The van der Waals surface area contributed by atoms with E-state index in [0.717, 1.165) is 11.1 Å². The normalized spacial score (nSPS) is 12.3. The zero-order valence-corrected chi connectivity index (χ0v) is 9.01. The van der Waals surface area contributed by atoms with E-state index < -0.39 is 0 Å². The molecule has 0 aromatic heterocycles. The first-order valence-electron chi connectivity index (χ1n) is 5.17. The van der Waals surface area contributed by atoms with Crippen LogP contribution in [0.3, 0.4) is 0 Å². The smallest absolute Gasteiger partial charge is 0.127 e. The molecule has 0 saturated heterocycles. The SMILES string of the molecule is CC(c1ccccc1)c1c[c]c(O)cc1O. The topological polar surface area (TPSA) is 40.5 Å². The first-order valence-corrected chi connectivity index (χ1v) is 5.17. The Labute approximate surface area is 94.8 Å². The average Bonchev–Trinajstić information content (AvgIpc) is 2.29. The molecule has 0 heterocycles. The number of phenols is 2. The molecule has 81 valence electrons. The molecule has 2 heteroatoms. The fraction of sp³-hybridized carbons (Fsp3) is 0.143. The van der Waals surface area contributed by atoms with E-state index in [9.17, 15) is 10.2 Å². The first kappa shape index (κ1) is 10.6. The van der Waals surface area contributed by atoms with Gasteiger partial charge in [0, 0.05) is 23.6 Å². The van der Waals surface area contributed by atoms with Gasteiger partial charge in [0.1, 0.15) is 11.5 Å². The van der Waals surface area contributed by atoms with E-state index in [2.05, 4.69) is 6.07 Å². The summed E-state index contributed by atoms with van der Waals surface area (Å²) in [7, 11) is 0. The highest BCUT2D eigenvalue weighted by Gasteiger charge is 2.12. The summed E-state index contributed by atoms with van der Waals surface area (Å²) in [6.45, 7) is 2.01. The van der Waals surface area contributed by atoms with Gasteiger partial charge in [-0.3, -0.25) is 0 Å². The summed E-state index contributed by atoms with van der Waals surface area (Å²) in [5.74, 6) is 0.146. The van der Waals surface area contributed by atoms with Crippen LogP contribution < -0.4 is 0 Å². The molecule has 1 unspecified atom stereocenters. The van der Waals surface area contributed by atoms with Crippen LogP contribution in [-0.2, 0) is 0 Å². The second-order valence-corrected chi connectivity index (χ2v) is 3.79. The minimum atomic E-state index is -0.0403. The fourth-order valence-corrected chi connectivity index (χ4v) is 1.75. The Morgan fingerprint density at radius 2 is 1.81 bits per heavy atom. The highest BCUT2D eigenvalue weighted by atomic mass is 16.3. The Hall–Kier alpha value is -1.96. The third-order valence-corrected chi connectivity index (χ3v) is 2.71. The predicted molar refractivity (Wildman–Crippen MR) is 62.6 cm³/mol. The fourth-order valence-electron chi connectivity index (χ4n) is 1.75. The van der Waals surface area contributed by atoms with Gasteiger partial charge in [-0.25, -0.2) is 0 Å². The summed E-state index contributed by atoms with van der Waals surface area (Å²) in [6.07, 6.45) is 0. The van der Waals surface area contributed by atoms with Gasteiger partial charge in [-0.2, -0.15) is 0 Å². The minimum Gasteiger partial charge on any atom is -0.508 e. The van der Waals surface area contributed by atoms with Gasteiger partial charge in [0.05, 0.1) is 0 Å². The van der Waals surface area contributed by atoms with Gasteiger partial charge >= 0.3 is 0 Å². The average molecular weight is 213 g/mol. The third-order valence-electron chi connectivity index (χ3n) is 2.71. The van der Waals surface area contributed by atoms with Gasteiger partial charge in [0.15, 0.2) is 0 Å². The van der Waals surface area contributed by atoms with Crippen LogP contribution in [0.1, 0.15) is 24.0 Å². The van der Waals surface area contributed by atoms with Crippen molar-refractivity contribution in [2.24, 2.45) is 0 Å². The molecule has 0 bridgehead atoms. The van der Waals surface area contributed by atoms with Crippen molar-refractivity contribution in [1.82, 2.24) is 0 Å². The molecule has 2 nitrogen and oxygen atoms in total. The lowest BCUT2D eigenvalue weighted by atomic mass is 9.92. The zero-order chi connectivity index (χ0) is 11.5. The minimum absolute atomic E-state index is 0.0403. The van der Waals surface area contributed by atoms with Crippen LogP contribution in [0.2, 0.25) is 0 Å². The van der Waals surface area contributed by atoms with E-state index >= 15 is 0 Å². The molecule has 0 amide bonds. The standard InChI is InChI=1S/C14H13O2/c1-10(11-5-3-2-4-6-11)13-8-7-12(15)9-14(13)16/h2-6,8-10,15-16H,1H3. The highest BCUT2D eigenvalue weighted by Crippen LogP contribution is 2.32. The van der Waals surface area contributed by atoms with Crippen molar-refractivity contribution in [2.75, 3.05) is 0 Å². The molecular weight excluding hydrogens is 200 g/mol. The van der Waals surface area contributed by atoms with Crippen LogP contribution in [0.15, 0.2) is 42.5 Å². The monoisotopic (exact) mass is 213 g/mol. The quantitative estimate of drug-likeness (QED) is 0.804. The van der Waals surface area contributed by atoms with Gasteiger partial charge in [-0.1, -0.05) is 37.3 Å². The van der Waals surface area contributed by atoms with Gasteiger partial charge in [0.2, 0.25) is 0 Å². The van der Waals surface area contributed by atoms with Crippen LogP contribution in [0.5, 0.6) is 11.5 Å². The zero-order valence-electron chi connectivity index (χ0n) is 9.01. The summed E-state index contributed by atoms with van der Waals surface area (Å²) < 4.78 is 0. The maximum Gasteiger partial charge on any atom is 0.127 e. The molecule has 0 saturated carbocycles. The summed E-state index contributed by atoms with van der Waals surface area (Å²) in [6, 6.07) is 15.5. The van der Waals surface area contributed by atoms with Crippen molar-refractivity contribution < 1.29 is 10.2 Å². The lowest BCUT2D eigenvalue weighted by Crippen LogP contribution is -1.95. The largest absolute Gasteiger partial charge is 0.508 e. The van der Waals surface area contributed by atoms with Crippen LogP contribution in [0.4, 0.5) is 0 Å². The lowest BCUT2D eigenvalue weighted by Gasteiger charge is -2.13. The number of hydrogen-bond donors (Lipinski definition) is 2. The number of rotatable bonds is 2. The summed E-state index contributed by atoms with van der Waals surface area (Å²) >= 11 is 0. The van der Waals surface area contributed by atoms with Gasteiger partial charge in [0.25, 0.3) is 0 Å².